The van der Waals surface area contributed by atoms with Crippen molar-refractivity contribution in [2.45, 2.75) is 76.3 Å². The molecule has 1 fully saturated rings. The molecule has 0 unspecified atom stereocenters. The summed E-state index contributed by atoms with van der Waals surface area (Å²) in [7, 11) is 0. The van der Waals surface area contributed by atoms with E-state index in [2.05, 4.69) is 10.6 Å². The van der Waals surface area contributed by atoms with Gasteiger partial charge in [-0.05, 0) is 68.5 Å². The Morgan fingerprint density at radius 3 is 2.29 bits per heavy atom. The first-order valence-electron chi connectivity index (χ1n) is 15.0. The number of amides is 4. The Morgan fingerprint density at radius 2 is 1.62 bits per heavy atom. The van der Waals surface area contributed by atoms with Gasteiger partial charge in [0.1, 0.15) is 17.7 Å². The zero-order valence-electron chi connectivity index (χ0n) is 25.7. The highest BCUT2D eigenvalue weighted by molar-refractivity contribution is 6.01. The highest BCUT2D eigenvalue weighted by Gasteiger charge is 2.41. The molecule has 11 nitrogen and oxygen atoms in total. The third-order valence-electron chi connectivity index (χ3n) is 7.51. The SMILES string of the molecule is CC(C)(C)OC(=O)[C@@H]1CCCN1C(=O)[C@@H](O)[C@H](Cc1ccccc1)NC(=O)[C@H](CC(N)=O)NC(=O)c1ccc2ccccc2c1. The average Bonchev–Trinajstić information content (AvgIpc) is 3.49. The Morgan fingerprint density at radius 1 is 0.956 bits per heavy atom. The number of carbonyl (C=O) groups excluding carboxylic acids is 5. The molecule has 0 aromatic heterocycles. The standard InChI is InChI=1S/C34H40N4O7/c1-34(2,3)45-33(44)27-14-9-17-38(27)32(43)29(40)25(18-21-10-5-4-6-11-21)36-31(42)26(20-28(35)39)37-30(41)24-16-15-22-12-7-8-13-23(22)19-24/h4-8,10-13,15-16,19,25-27,29,40H,9,14,17-18,20H2,1-3H3,(H2,35,39)(H,36,42)(H,37,41)/t25-,26-,27-,29-/m0/s1. The quantitative estimate of drug-likeness (QED) is 0.240. The van der Waals surface area contributed by atoms with Crippen LogP contribution in [0.5, 0.6) is 0 Å². The predicted molar refractivity (Wildman–Crippen MR) is 168 cm³/mol. The third-order valence-corrected chi connectivity index (χ3v) is 7.51. The molecule has 5 N–H and O–H groups in total. The number of ether oxygens (including phenoxy) is 1. The first-order valence-corrected chi connectivity index (χ1v) is 15.0. The first kappa shape index (κ1) is 33.1. The lowest BCUT2D eigenvalue weighted by atomic mass is 9.99. The molecule has 1 aliphatic heterocycles. The summed E-state index contributed by atoms with van der Waals surface area (Å²) in [4.78, 5) is 66.5. The number of aliphatic hydroxyl groups is 1. The van der Waals surface area contributed by atoms with E-state index in [0.717, 1.165) is 10.8 Å². The minimum Gasteiger partial charge on any atom is -0.458 e. The second-order valence-corrected chi connectivity index (χ2v) is 12.2. The summed E-state index contributed by atoms with van der Waals surface area (Å²) >= 11 is 0. The van der Waals surface area contributed by atoms with Crippen LogP contribution in [0.25, 0.3) is 10.8 Å². The second-order valence-electron chi connectivity index (χ2n) is 12.2. The number of rotatable bonds is 11. The Kier molecular flexibility index (Phi) is 10.6. The summed E-state index contributed by atoms with van der Waals surface area (Å²) in [5, 5.41) is 18.4. The summed E-state index contributed by atoms with van der Waals surface area (Å²) in [5.74, 6) is -3.54. The zero-order valence-corrected chi connectivity index (χ0v) is 25.7. The maximum absolute atomic E-state index is 13.6. The molecule has 238 valence electrons. The van der Waals surface area contributed by atoms with Gasteiger partial charge in [-0.2, -0.15) is 0 Å². The number of nitrogens with two attached hydrogens (primary N) is 1. The van der Waals surface area contributed by atoms with Gasteiger partial charge in [0.25, 0.3) is 11.8 Å². The van der Waals surface area contributed by atoms with Crippen molar-refractivity contribution in [3.05, 3.63) is 83.9 Å². The Balaban J connectivity index is 1.55. The third kappa shape index (κ3) is 8.89. The van der Waals surface area contributed by atoms with E-state index in [9.17, 15) is 29.1 Å². The number of esters is 1. The molecule has 0 saturated carbocycles. The lowest BCUT2D eigenvalue weighted by molar-refractivity contribution is -0.165. The fourth-order valence-corrected chi connectivity index (χ4v) is 5.36. The number of hydrogen-bond donors (Lipinski definition) is 4. The second kappa shape index (κ2) is 14.3. The van der Waals surface area contributed by atoms with Gasteiger partial charge in [-0.25, -0.2) is 4.79 Å². The molecule has 3 aromatic rings. The molecule has 0 radical (unpaired) electrons. The molecule has 1 saturated heterocycles. The number of hydrogen-bond acceptors (Lipinski definition) is 7. The topological polar surface area (TPSA) is 168 Å². The van der Waals surface area contributed by atoms with Crippen molar-refractivity contribution in [2.24, 2.45) is 5.73 Å². The molecule has 0 spiro atoms. The van der Waals surface area contributed by atoms with Crippen LogP contribution in [0, 0.1) is 0 Å². The number of fused-ring (bicyclic) bond motifs is 1. The summed E-state index contributed by atoms with van der Waals surface area (Å²) in [5.41, 5.74) is 5.65. The fourth-order valence-electron chi connectivity index (χ4n) is 5.36. The van der Waals surface area contributed by atoms with Crippen LogP contribution in [-0.4, -0.2) is 76.0 Å². The molecule has 0 bridgehead atoms. The van der Waals surface area contributed by atoms with Crippen molar-refractivity contribution in [2.75, 3.05) is 6.54 Å². The van der Waals surface area contributed by atoms with Gasteiger partial charge in [0, 0.05) is 12.1 Å². The largest absolute Gasteiger partial charge is 0.458 e. The fraction of sp³-hybridized carbons (Fsp3) is 0.382. The van der Waals surface area contributed by atoms with Crippen LogP contribution in [0.4, 0.5) is 0 Å². The van der Waals surface area contributed by atoms with Crippen molar-refractivity contribution in [3.63, 3.8) is 0 Å². The van der Waals surface area contributed by atoms with Gasteiger partial charge in [0.2, 0.25) is 11.8 Å². The number of nitrogens with zero attached hydrogens (tertiary/aromatic N) is 1. The lowest BCUT2D eigenvalue weighted by Gasteiger charge is -2.32. The van der Waals surface area contributed by atoms with Gasteiger partial charge in [0.15, 0.2) is 6.10 Å². The average molecular weight is 617 g/mol. The van der Waals surface area contributed by atoms with E-state index in [-0.39, 0.29) is 18.5 Å². The van der Waals surface area contributed by atoms with E-state index in [0.29, 0.717) is 18.4 Å². The number of nitrogens with one attached hydrogen (secondary N) is 2. The molecule has 4 amide bonds. The van der Waals surface area contributed by atoms with Gasteiger partial charge in [-0.15, -0.1) is 0 Å². The first-order chi connectivity index (χ1) is 21.3. The molecular weight excluding hydrogens is 576 g/mol. The van der Waals surface area contributed by atoms with E-state index < -0.39 is 65.8 Å². The number of carbonyl (C=O) groups is 5. The van der Waals surface area contributed by atoms with Gasteiger partial charge >= 0.3 is 5.97 Å². The molecule has 0 aliphatic carbocycles. The molecule has 11 heteroatoms. The Hall–Kier alpha value is -4.77. The smallest absolute Gasteiger partial charge is 0.329 e. The lowest BCUT2D eigenvalue weighted by Crippen LogP contribution is -2.58. The number of primary amides is 1. The minimum atomic E-state index is -1.75. The number of aliphatic hydroxyl groups excluding tert-OH is 1. The van der Waals surface area contributed by atoms with Crippen LogP contribution >= 0.6 is 0 Å². The van der Waals surface area contributed by atoms with E-state index in [1.807, 2.05) is 24.3 Å². The van der Waals surface area contributed by atoms with Crippen LogP contribution in [-0.2, 0) is 30.3 Å². The maximum atomic E-state index is 13.6. The van der Waals surface area contributed by atoms with Gasteiger partial charge < -0.3 is 31.1 Å². The summed E-state index contributed by atoms with van der Waals surface area (Å²) < 4.78 is 5.50. The molecule has 3 aromatic carbocycles. The highest BCUT2D eigenvalue weighted by Crippen LogP contribution is 2.23. The van der Waals surface area contributed by atoms with Gasteiger partial charge in [0.05, 0.1) is 12.5 Å². The zero-order chi connectivity index (χ0) is 32.7. The molecule has 45 heavy (non-hydrogen) atoms. The normalized spacial score (nSPS) is 16.8. The van der Waals surface area contributed by atoms with Crippen LogP contribution in [0.15, 0.2) is 72.8 Å². The summed E-state index contributed by atoms with van der Waals surface area (Å²) in [6.07, 6.45) is -1.29. The number of likely N-dealkylation sites (tertiary alicyclic amines) is 1. The van der Waals surface area contributed by atoms with Crippen molar-refractivity contribution in [1.82, 2.24) is 15.5 Å². The van der Waals surface area contributed by atoms with E-state index in [1.165, 1.54) is 4.90 Å². The van der Waals surface area contributed by atoms with E-state index in [4.69, 9.17) is 10.5 Å². The molecule has 1 heterocycles. The van der Waals surface area contributed by atoms with Crippen LogP contribution in [0.3, 0.4) is 0 Å². The van der Waals surface area contributed by atoms with Crippen LogP contribution < -0.4 is 16.4 Å². The van der Waals surface area contributed by atoms with Crippen molar-refractivity contribution in [1.29, 1.82) is 0 Å². The molecular formula is C34H40N4O7. The van der Waals surface area contributed by atoms with E-state index in [1.54, 1.807) is 69.3 Å². The van der Waals surface area contributed by atoms with Crippen LogP contribution in [0.1, 0.15) is 56.0 Å². The van der Waals surface area contributed by atoms with Crippen LogP contribution in [0.2, 0.25) is 0 Å². The predicted octanol–water partition coefficient (Wildman–Crippen LogP) is 2.23. The maximum Gasteiger partial charge on any atom is 0.329 e. The summed E-state index contributed by atoms with van der Waals surface area (Å²) in [6, 6.07) is 18.0. The van der Waals surface area contributed by atoms with Gasteiger partial charge in [-0.3, -0.25) is 19.2 Å². The van der Waals surface area contributed by atoms with Crippen molar-refractivity contribution >= 4 is 40.4 Å². The van der Waals surface area contributed by atoms with E-state index >= 15 is 0 Å². The Bertz CT molecular complexity index is 1550. The monoisotopic (exact) mass is 616 g/mol. The molecule has 4 rings (SSSR count). The highest BCUT2D eigenvalue weighted by atomic mass is 16.6. The number of benzene rings is 3. The summed E-state index contributed by atoms with van der Waals surface area (Å²) in [6.45, 7) is 5.42. The van der Waals surface area contributed by atoms with Gasteiger partial charge in [-0.1, -0.05) is 60.7 Å². The minimum absolute atomic E-state index is 0.0480. The van der Waals surface area contributed by atoms with Crippen molar-refractivity contribution in [3.8, 4) is 0 Å². The molecule has 4 atom stereocenters. The Labute approximate surface area is 262 Å². The van der Waals surface area contributed by atoms with Crippen molar-refractivity contribution < 1.29 is 33.8 Å². The molecule has 1 aliphatic rings.